The van der Waals surface area contributed by atoms with Gasteiger partial charge in [-0.15, -0.1) is 11.3 Å². The molecule has 3 heterocycles. The van der Waals surface area contributed by atoms with Gasteiger partial charge in [-0.2, -0.15) is 0 Å². The Hall–Kier alpha value is -1.08. The molecule has 4 rings (SSSR count). The monoisotopic (exact) mass is 377 g/mol. The maximum Gasteiger partial charge on any atom is 0.122 e. The van der Waals surface area contributed by atoms with Crippen LogP contribution in [-0.2, 0) is 6.42 Å². The summed E-state index contributed by atoms with van der Waals surface area (Å²) >= 11 is 7.29. The second-order valence-electron chi connectivity index (χ2n) is 7.93. The number of aliphatic hydroxyl groups is 1. The van der Waals surface area contributed by atoms with Crippen molar-refractivity contribution in [3.05, 3.63) is 23.2 Å². The number of thiazole rings is 1. The summed E-state index contributed by atoms with van der Waals surface area (Å²) < 4.78 is 7.44. The molecule has 0 amide bonds. The summed E-state index contributed by atoms with van der Waals surface area (Å²) in [5.41, 5.74) is 0.485. The molecule has 134 valence electrons. The summed E-state index contributed by atoms with van der Waals surface area (Å²) in [6, 6.07) is 5.96. The van der Waals surface area contributed by atoms with E-state index in [2.05, 4.69) is 12.0 Å². The van der Waals surface area contributed by atoms with Crippen molar-refractivity contribution in [2.45, 2.75) is 31.3 Å². The first-order valence-corrected chi connectivity index (χ1v) is 10.1. The lowest BCUT2D eigenvalue weighted by molar-refractivity contribution is -0.893. The van der Waals surface area contributed by atoms with Crippen molar-refractivity contribution < 1.29 is 14.3 Å². The third kappa shape index (κ3) is 3.33. The van der Waals surface area contributed by atoms with E-state index in [-0.39, 0.29) is 0 Å². The van der Waals surface area contributed by atoms with E-state index in [1.165, 1.54) is 6.54 Å². The Morgan fingerprint density at radius 1 is 1.52 bits per heavy atom. The van der Waals surface area contributed by atoms with Gasteiger partial charge in [0.2, 0.25) is 0 Å². The van der Waals surface area contributed by atoms with Crippen molar-refractivity contribution in [2.75, 3.05) is 33.8 Å². The third-order valence-corrected chi connectivity index (χ3v) is 7.29. The van der Waals surface area contributed by atoms with Crippen LogP contribution < -0.4 is 4.74 Å². The number of thiocarbonyl (C=S) groups is 1. The van der Waals surface area contributed by atoms with Crippen LogP contribution in [0.4, 0.5) is 0 Å². The van der Waals surface area contributed by atoms with E-state index in [1.807, 2.05) is 18.2 Å². The minimum absolute atomic E-state index is 0.454. The minimum atomic E-state index is -0.516. The van der Waals surface area contributed by atoms with Crippen LogP contribution in [0.5, 0.6) is 5.75 Å². The Bertz CT molecular complexity index is 821. The van der Waals surface area contributed by atoms with Gasteiger partial charge < -0.3 is 14.3 Å². The molecule has 4 nitrogen and oxygen atoms in total. The van der Waals surface area contributed by atoms with Gasteiger partial charge >= 0.3 is 0 Å². The second kappa shape index (κ2) is 6.27. The molecule has 6 heteroatoms. The van der Waals surface area contributed by atoms with E-state index in [4.69, 9.17) is 17.0 Å². The molecule has 2 aliphatic rings. The zero-order valence-corrected chi connectivity index (χ0v) is 16.5. The smallest absolute Gasteiger partial charge is 0.122 e. The second-order valence-corrected chi connectivity index (χ2v) is 9.62. The molecule has 0 saturated carbocycles. The summed E-state index contributed by atoms with van der Waals surface area (Å²) in [5.74, 6) is 1.31. The number of fused-ring (bicyclic) bond motifs is 3. The molecule has 2 bridgehead atoms. The molecular weight excluding hydrogens is 352 g/mol. The Balaban J connectivity index is 1.38. The Morgan fingerprint density at radius 2 is 2.36 bits per heavy atom. The van der Waals surface area contributed by atoms with E-state index in [0.717, 1.165) is 69.1 Å². The normalized spacial score (nSPS) is 30.9. The SMILES string of the molecule is COc1ccc2nc(CC(=S)CC[C@]3(O)C[N@@+]4(C)CC[C@H]3C4)sc2c1. The summed E-state index contributed by atoms with van der Waals surface area (Å²) in [6.45, 7) is 3.23. The molecular formula is C19H25N2O2S2+. The molecule has 0 aliphatic carbocycles. The maximum atomic E-state index is 11.0. The first kappa shape index (κ1) is 17.3. The highest BCUT2D eigenvalue weighted by molar-refractivity contribution is 7.80. The average molecular weight is 378 g/mol. The number of hydrogen-bond acceptors (Lipinski definition) is 5. The molecule has 1 N–H and O–H groups in total. The predicted molar refractivity (Wildman–Crippen MR) is 106 cm³/mol. The molecule has 1 aromatic carbocycles. The van der Waals surface area contributed by atoms with Crippen LogP contribution in [0.25, 0.3) is 10.2 Å². The number of benzene rings is 1. The first-order chi connectivity index (χ1) is 11.9. The molecule has 0 radical (unpaired) electrons. The molecule has 2 aromatic rings. The number of hydrogen-bond donors (Lipinski definition) is 1. The Kier molecular flexibility index (Phi) is 4.35. The predicted octanol–water partition coefficient (Wildman–Crippen LogP) is 3.21. The van der Waals surface area contributed by atoms with Crippen molar-refractivity contribution in [1.29, 1.82) is 0 Å². The van der Waals surface area contributed by atoms with Gasteiger partial charge in [-0.25, -0.2) is 4.98 Å². The van der Waals surface area contributed by atoms with Crippen LogP contribution in [0.3, 0.4) is 0 Å². The van der Waals surface area contributed by atoms with Crippen LogP contribution >= 0.6 is 23.6 Å². The van der Waals surface area contributed by atoms with Gasteiger partial charge in [0.1, 0.15) is 17.9 Å². The molecule has 25 heavy (non-hydrogen) atoms. The fourth-order valence-electron chi connectivity index (χ4n) is 4.61. The van der Waals surface area contributed by atoms with Gasteiger partial charge in [0.05, 0.1) is 42.5 Å². The zero-order chi connectivity index (χ0) is 17.7. The number of ether oxygens (including phenoxy) is 1. The number of rotatable bonds is 6. The topological polar surface area (TPSA) is 42.4 Å². The zero-order valence-electron chi connectivity index (χ0n) is 14.8. The number of methoxy groups -OCH3 is 1. The molecule has 2 fully saturated rings. The summed E-state index contributed by atoms with van der Waals surface area (Å²) in [6.07, 6.45) is 3.48. The first-order valence-electron chi connectivity index (χ1n) is 8.90. The maximum absolute atomic E-state index is 11.0. The van der Waals surface area contributed by atoms with Crippen molar-refractivity contribution in [2.24, 2.45) is 5.92 Å². The Labute approximate surface area is 158 Å². The number of nitrogens with zero attached hydrogens (tertiary/aromatic N) is 2. The fraction of sp³-hybridized carbons (Fsp3) is 0.579. The van der Waals surface area contributed by atoms with Crippen LogP contribution in [0, 0.1) is 5.92 Å². The average Bonchev–Trinajstić information content (AvgIpc) is 3.21. The van der Waals surface area contributed by atoms with Crippen molar-refractivity contribution in [1.82, 2.24) is 4.98 Å². The van der Waals surface area contributed by atoms with Crippen LogP contribution in [-0.4, -0.2) is 58.8 Å². The molecule has 0 spiro atoms. The molecule has 2 aliphatic heterocycles. The lowest BCUT2D eigenvalue weighted by Gasteiger charge is -2.34. The fourth-order valence-corrected chi connectivity index (χ4v) is 5.97. The number of quaternary nitrogens is 1. The number of aromatic nitrogens is 1. The van der Waals surface area contributed by atoms with Crippen molar-refractivity contribution in [3.63, 3.8) is 0 Å². The summed E-state index contributed by atoms with van der Waals surface area (Å²) in [7, 11) is 3.95. The van der Waals surface area contributed by atoms with E-state index in [0.29, 0.717) is 5.92 Å². The van der Waals surface area contributed by atoms with E-state index < -0.39 is 5.60 Å². The largest absolute Gasteiger partial charge is 0.497 e. The van der Waals surface area contributed by atoms with Crippen LogP contribution in [0.2, 0.25) is 0 Å². The van der Waals surface area contributed by atoms with E-state index in [1.54, 1.807) is 18.4 Å². The van der Waals surface area contributed by atoms with Gasteiger partial charge in [-0.1, -0.05) is 12.2 Å². The lowest BCUT2D eigenvalue weighted by atomic mass is 9.83. The highest BCUT2D eigenvalue weighted by atomic mass is 32.1. The summed E-state index contributed by atoms with van der Waals surface area (Å²) in [5, 5.41) is 12.1. The minimum Gasteiger partial charge on any atom is -0.497 e. The highest BCUT2D eigenvalue weighted by Gasteiger charge is 2.57. The third-order valence-electron chi connectivity index (χ3n) is 5.92. The van der Waals surface area contributed by atoms with Gasteiger partial charge in [0, 0.05) is 18.8 Å². The van der Waals surface area contributed by atoms with E-state index in [9.17, 15) is 5.11 Å². The Morgan fingerprint density at radius 3 is 3.04 bits per heavy atom. The lowest BCUT2D eigenvalue weighted by Crippen LogP contribution is -2.49. The van der Waals surface area contributed by atoms with Crippen molar-refractivity contribution >= 4 is 38.6 Å². The van der Waals surface area contributed by atoms with Crippen LogP contribution in [0.1, 0.15) is 24.3 Å². The summed E-state index contributed by atoms with van der Waals surface area (Å²) in [4.78, 5) is 5.68. The van der Waals surface area contributed by atoms with Gasteiger partial charge in [0.15, 0.2) is 0 Å². The van der Waals surface area contributed by atoms with Crippen LogP contribution in [0.15, 0.2) is 18.2 Å². The van der Waals surface area contributed by atoms with Crippen molar-refractivity contribution in [3.8, 4) is 5.75 Å². The quantitative estimate of drug-likeness (QED) is 0.620. The molecule has 3 atom stereocenters. The molecule has 1 aromatic heterocycles. The standard InChI is InChI=1S/C19H25N2O2S2/c1-21-8-6-13(11-21)19(22,12-21)7-5-15(24)10-18-20-16-4-3-14(23-2)9-17(16)25-18/h3-4,9,13,22H,5-8,10-12H2,1-2H3/q+1/t13-,19-,21-/m0/s1. The van der Waals surface area contributed by atoms with Gasteiger partial charge in [0.25, 0.3) is 0 Å². The number of likely N-dealkylation sites (N-methyl/N-ethyl adjacent to an activating group) is 1. The van der Waals surface area contributed by atoms with E-state index >= 15 is 0 Å². The number of piperidine rings is 1. The highest BCUT2D eigenvalue weighted by Crippen LogP contribution is 2.43. The van der Waals surface area contributed by atoms with Gasteiger partial charge in [-0.05, 0) is 35.9 Å². The van der Waals surface area contributed by atoms with Gasteiger partial charge in [-0.3, -0.25) is 0 Å². The molecule has 0 unspecified atom stereocenters. The molecule has 2 saturated heterocycles.